The number of para-hydroxylation sites is 1. The first-order chi connectivity index (χ1) is 12.1. The Morgan fingerprint density at radius 3 is 2.56 bits per heavy atom. The van der Waals surface area contributed by atoms with E-state index in [2.05, 4.69) is 12.2 Å². The highest BCUT2D eigenvalue weighted by Crippen LogP contribution is 2.48. The molecule has 3 rings (SSSR count). The maximum Gasteiger partial charge on any atom is 0.238 e. The van der Waals surface area contributed by atoms with Gasteiger partial charge in [-0.2, -0.15) is 0 Å². The summed E-state index contributed by atoms with van der Waals surface area (Å²) in [5.74, 6) is 1.44. The van der Waals surface area contributed by atoms with Crippen molar-refractivity contribution in [3.63, 3.8) is 0 Å². The SMILES string of the molecule is COc1ccccc1CCNC(=O)C1(C(=O)N2CCC(C)CC2)CC1. The summed E-state index contributed by atoms with van der Waals surface area (Å²) < 4.78 is 5.34. The lowest BCUT2D eigenvalue weighted by atomic mass is 9.96. The first-order valence-corrected chi connectivity index (χ1v) is 9.26. The van der Waals surface area contributed by atoms with E-state index in [1.807, 2.05) is 29.2 Å². The van der Waals surface area contributed by atoms with Crippen LogP contribution in [0.3, 0.4) is 0 Å². The Morgan fingerprint density at radius 1 is 1.24 bits per heavy atom. The Bertz CT molecular complexity index is 632. The van der Waals surface area contributed by atoms with Gasteiger partial charge in [0.2, 0.25) is 11.8 Å². The molecule has 136 valence electrons. The Balaban J connectivity index is 1.53. The van der Waals surface area contributed by atoms with Crippen molar-refractivity contribution in [2.24, 2.45) is 11.3 Å². The van der Waals surface area contributed by atoms with Gasteiger partial charge in [-0.25, -0.2) is 0 Å². The van der Waals surface area contributed by atoms with Crippen LogP contribution in [0, 0.1) is 11.3 Å². The van der Waals surface area contributed by atoms with Crippen LogP contribution in [0.4, 0.5) is 0 Å². The molecule has 1 saturated heterocycles. The van der Waals surface area contributed by atoms with Gasteiger partial charge in [0.1, 0.15) is 11.2 Å². The van der Waals surface area contributed by atoms with E-state index in [1.54, 1.807) is 7.11 Å². The van der Waals surface area contributed by atoms with Crippen molar-refractivity contribution < 1.29 is 14.3 Å². The molecule has 1 saturated carbocycles. The van der Waals surface area contributed by atoms with Crippen LogP contribution in [0.1, 0.15) is 38.2 Å². The third kappa shape index (κ3) is 3.80. The van der Waals surface area contributed by atoms with E-state index in [4.69, 9.17) is 4.74 Å². The number of benzene rings is 1. The molecule has 5 heteroatoms. The monoisotopic (exact) mass is 344 g/mol. The number of rotatable bonds is 6. The van der Waals surface area contributed by atoms with Crippen molar-refractivity contribution in [3.05, 3.63) is 29.8 Å². The fourth-order valence-corrected chi connectivity index (χ4v) is 3.57. The largest absolute Gasteiger partial charge is 0.496 e. The maximum atomic E-state index is 12.8. The molecule has 1 aliphatic carbocycles. The van der Waals surface area contributed by atoms with Gasteiger partial charge in [-0.1, -0.05) is 25.1 Å². The molecule has 1 aromatic rings. The first-order valence-electron chi connectivity index (χ1n) is 9.26. The van der Waals surface area contributed by atoms with Crippen LogP contribution in [0.15, 0.2) is 24.3 Å². The van der Waals surface area contributed by atoms with Crippen LogP contribution in [-0.2, 0) is 16.0 Å². The van der Waals surface area contributed by atoms with Gasteiger partial charge >= 0.3 is 0 Å². The third-order valence-electron chi connectivity index (χ3n) is 5.54. The van der Waals surface area contributed by atoms with Crippen molar-refractivity contribution in [3.8, 4) is 5.75 Å². The van der Waals surface area contributed by atoms with E-state index >= 15 is 0 Å². The standard InChI is InChI=1S/C20H28N2O3/c1-15-8-13-22(14-9-15)19(24)20(10-11-20)18(23)21-12-7-16-5-3-4-6-17(16)25-2/h3-6,15H,7-14H2,1-2H3,(H,21,23). The molecule has 1 aliphatic heterocycles. The van der Waals surface area contributed by atoms with Crippen LogP contribution in [0.25, 0.3) is 0 Å². The van der Waals surface area contributed by atoms with E-state index < -0.39 is 5.41 Å². The molecule has 25 heavy (non-hydrogen) atoms. The number of piperidine rings is 1. The molecule has 1 heterocycles. The van der Waals surface area contributed by atoms with E-state index in [-0.39, 0.29) is 11.8 Å². The van der Waals surface area contributed by atoms with Gasteiger partial charge in [0.15, 0.2) is 0 Å². The van der Waals surface area contributed by atoms with Gasteiger partial charge in [-0.15, -0.1) is 0 Å². The Morgan fingerprint density at radius 2 is 1.92 bits per heavy atom. The van der Waals surface area contributed by atoms with E-state index in [1.165, 1.54) is 0 Å². The summed E-state index contributed by atoms with van der Waals surface area (Å²) in [4.78, 5) is 27.3. The number of hydrogen-bond acceptors (Lipinski definition) is 3. The number of nitrogens with zero attached hydrogens (tertiary/aromatic N) is 1. The van der Waals surface area contributed by atoms with Crippen molar-refractivity contribution in [1.29, 1.82) is 0 Å². The highest BCUT2D eigenvalue weighted by molar-refractivity contribution is 6.07. The molecule has 2 fully saturated rings. The minimum Gasteiger partial charge on any atom is -0.496 e. The molecular weight excluding hydrogens is 316 g/mol. The van der Waals surface area contributed by atoms with Crippen molar-refractivity contribution in [2.45, 2.75) is 39.0 Å². The normalized spacial score (nSPS) is 19.4. The van der Waals surface area contributed by atoms with Gasteiger partial charge in [0, 0.05) is 19.6 Å². The maximum absolute atomic E-state index is 12.8. The summed E-state index contributed by atoms with van der Waals surface area (Å²) in [6, 6.07) is 7.81. The molecule has 2 aliphatic rings. The average Bonchev–Trinajstić information content (AvgIpc) is 3.44. The van der Waals surface area contributed by atoms with Gasteiger partial charge in [0.25, 0.3) is 0 Å². The van der Waals surface area contributed by atoms with E-state index in [0.717, 1.165) is 37.2 Å². The highest BCUT2D eigenvalue weighted by atomic mass is 16.5. The topological polar surface area (TPSA) is 58.6 Å². The van der Waals surface area contributed by atoms with Gasteiger partial charge in [-0.3, -0.25) is 9.59 Å². The molecular formula is C20H28N2O3. The van der Waals surface area contributed by atoms with Gasteiger partial charge in [0.05, 0.1) is 7.11 Å². The summed E-state index contributed by atoms with van der Waals surface area (Å²) in [6.45, 7) is 4.32. The predicted molar refractivity (Wildman–Crippen MR) is 96.4 cm³/mol. The molecule has 1 N–H and O–H groups in total. The summed E-state index contributed by atoms with van der Waals surface area (Å²) >= 11 is 0. The number of ether oxygens (including phenoxy) is 1. The van der Waals surface area contributed by atoms with Crippen LogP contribution in [0.5, 0.6) is 5.75 Å². The predicted octanol–water partition coefficient (Wildman–Crippen LogP) is 2.39. The number of methoxy groups -OCH3 is 1. The van der Waals surface area contributed by atoms with Crippen LogP contribution >= 0.6 is 0 Å². The van der Waals surface area contributed by atoms with Crippen LogP contribution < -0.4 is 10.1 Å². The zero-order chi connectivity index (χ0) is 17.9. The molecule has 0 atom stereocenters. The minimum absolute atomic E-state index is 0.0363. The zero-order valence-corrected chi connectivity index (χ0v) is 15.2. The number of likely N-dealkylation sites (tertiary alicyclic amines) is 1. The summed E-state index contributed by atoms with van der Waals surface area (Å²) in [5, 5.41) is 2.97. The van der Waals surface area contributed by atoms with Gasteiger partial charge < -0.3 is 15.0 Å². The lowest BCUT2D eigenvalue weighted by Gasteiger charge is -2.32. The Labute approximate surface area is 149 Å². The van der Waals surface area contributed by atoms with E-state index in [9.17, 15) is 9.59 Å². The lowest BCUT2D eigenvalue weighted by Crippen LogP contribution is -2.48. The van der Waals surface area contributed by atoms with Crippen molar-refractivity contribution >= 4 is 11.8 Å². The number of carbonyl (C=O) groups excluding carboxylic acids is 2. The molecule has 0 unspecified atom stereocenters. The molecule has 0 radical (unpaired) electrons. The fourth-order valence-electron chi connectivity index (χ4n) is 3.57. The second-order valence-corrected chi connectivity index (χ2v) is 7.37. The van der Waals surface area contributed by atoms with Crippen molar-refractivity contribution in [2.75, 3.05) is 26.7 Å². The molecule has 0 bridgehead atoms. The first kappa shape index (κ1) is 17.8. The Kier molecular flexibility index (Phi) is 5.30. The number of amides is 2. The molecule has 0 spiro atoms. The number of nitrogens with one attached hydrogen (secondary N) is 1. The average molecular weight is 344 g/mol. The minimum atomic E-state index is -0.790. The molecule has 2 amide bonds. The summed E-state index contributed by atoms with van der Waals surface area (Å²) in [6.07, 6.45) is 4.13. The highest BCUT2D eigenvalue weighted by Gasteiger charge is 2.57. The molecule has 1 aromatic carbocycles. The quantitative estimate of drug-likeness (QED) is 0.806. The molecule has 5 nitrogen and oxygen atoms in total. The third-order valence-corrected chi connectivity index (χ3v) is 5.54. The number of hydrogen-bond donors (Lipinski definition) is 1. The van der Waals surface area contributed by atoms with Gasteiger partial charge in [-0.05, 0) is 49.7 Å². The second kappa shape index (κ2) is 7.46. The summed E-state index contributed by atoms with van der Waals surface area (Å²) in [7, 11) is 1.65. The summed E-state index contributed by atoms with van der Waals surface area (Å²) in [5.41, 5.74) is 0.271. The second-order valence-electron chi connectivity index (χ2n) is 7.37. The lowest BCUT2D eigenvalue weighted by molar-refractivity contribution is -0.145. The zero-order valence-electron chi connectivity index (χ0n) is 15.2. The van der Waals surface area contributed by atoms with E-state index in [0.29, 0.717) is 31.7 Å². The smallest absolute Gasteiger partial charge is 0.238 e. The fraction of sp³-hybridized carbons (Fsp3) is 0.600. The molecule has 0 aromatic heterocycles. The van der Waals surface area contributed by atoms with Crippen LogP contribution in [-0.4, -0.2) is 43.5 Å². The van der Waals surface area contributed by atoms with Crippen LogP contribution in [0.2, 0.25) is 0 Å². The number of carbonyl (C=O) groups is 2. The Hall–Kier alpha value is -2.04. The van der Waals surface area contributed by atoms with Crippen molar-refractivity contribution in [1.82, 2.24) is 10.2 Å².